The Kier molecular flexibility index (Phi) is 3.89. The number of hydrogen-bond acceptors (Lipinski definition) is 3. The smallest absolute Gasteiger partial charge is 0.307 e. The first-order chi connectivity index (χ1) is 6.49. The van der Waals surface area contributed by atoms with Crippen molar-refractivity contribution in [2.75, 3.05) is 20.1 Å². The summed E-state index contributed by atoms with van der Waals surface area (Å²) in [7, 11) is 1.93. The van der Waals surface area contributed by atoms with Crippen LogP contribution >= 0.6 is 0 Å². The molecule has 1 saturated carbocycles. The number of aliphatic carboxylic acids is 1. The van der Waals surface area contributed by atoms with Crippen LogP contribution in [0.5, 0.6) is 0 Å². The van der Waals surface area contributed by atoms with Gasteiger partial charge in [0.25, 0.3) is 0 Å². The molecule has 1 aliphatic carbocycles. The molecule has 1 rings (SSSR count). The van der Waals surface area contributed by atoms with Crippen LogP contribution in [0.2, 0.25) is 0 Å². The standard InChI is InChI=1S/C10H19NO3/c1-7(10(13)14)5-11(2)6-8-3-9(12)4-8/h7-9,12H,3-6H2,1-2H3,(H,13,14). The van der Waals surface area contributed by atoms with Crippen molar-refractivity contribution in [3.63, 3.8) is 0 Å². The van der Waals surface area contributed by atoms with Crippen LogP contribution in [-0.4, -0.2) is 47.3 Å². The quantitative estimate of drug-likeness (QED) is 0.676. The van der Waals surface area contributed by atoms with Crippen molar-refractivity contribution >= 4 is 5.97 Å². The topological polar surface area (TPSA) is 60.8 Å². The summed E-state index contributed by atoms with van der Waals surface area (Å²) >= 11 is 0. The zero-order valence-corrected chi connectivity index (χ0v) is 8.81. The Labute approximate surface area is 84.5 Å². The van der Waals surface area contributed by atoms with Gasteiger partial charge in [-0.15, -0.1) is 0 Å². The van der Waals surface area contributed by atoms with Crippen LogP contribution in [0.25, 0.3) is 0 Å². The summed E-state index contributed by atoms with van der Waals surface area (Å²) in [6.45, 7) is 3.20. The maximum absolute atomic E-state index is 10.6. The first-order valence-electron chi connectivity index (χ1n) is 5.08. The van der Waals surface area contributed by atoms with Gasteiger partial charge in [-0.1, -0.05) is 6.92 Å². The molecule has 1 aliphatic rings. The van der Waals surface area contributed by atoms with E-state index in [4.69, 9.17) is 10.2 Å². The van der Waals surface area contributed by atoms with Gasteiger partial charge in [0.05, 0.1) is 12.0 Å². The van der Waals surface area contributed by atoms with Gasteiger partial charge in [-0.3, -0.25) is 4.79 Å². The molecule has 0 aromatic carbocycles. The van der Waals surface area contributed by atoms with Gasteiger partial charge in [-0.05, 0) is 25.8 Å². The lowest BCUT2D eigenvalue weighted by Gasteiger charge is -2.34. The molecule has 4 nitrogen and oxygen atoms in total. The molecule has 14 heavy (non-hydrogen) atoms. The highest BCUT2D eigenvalue weighted by molar-refractivity contribution is 5.69. The third kappa shape index (κ3) is 3.27. The van der Waals surface area contributed by atoms with Gasteiger partial charge in [0.15, 0.2) is 0 Å². The summed E-state index contributed by atoms with van der Waals surface area (Å²) < 4.78 is 0. The van der Waals surface area contributed by atoms with Crippen molar-refractivity contribution in [1.82, 2.24) is 4.90 Å². The number of rotatable bonds is 5. The molecule has 0 aromatic rings. The first kappa shape index (κ1) is 11.5. The molecule has 0 aliphatic heterocycles. The zero-order valence-electron chi connectivity index (χ0n) is 8.81. The van der Waals surface area contributed by atoms with Gasteiger partial charge in [0.2, 0.25) is 0 Å². The number of nitrogens with zero attached hydrogens (tertiary/aromatic N) is 1. The summed E-state index contributed by atoms with van der Waals surface area (Å²) in [6, 6.07) is 0. The molecule has 0 spiro atoms. The van der Waals surface area contributed by atoms with Crippen LogP contribution in [-0.2, 0) is 4.79 Å². The lowest BCUT2D eigenvalue weighted by Crippen LogP contribution is -2.39. The first-order valence-corrected chi connectivity index (χ1v) is 5.08. The Balaban J connectivity index is 2.15. The van der Waals surface area contributed by atoms with Gasteiger partial charge in [-0.2, -0.15) is 0 Å². The molecule has 0 saturated heterocycles. The predicted molar refractivity (Wildman–Crippen MR) is 53.0 cm³/mol. The Bertz CT molecular complexity index is 202. The highest BCUT2D eigenvalue weighted by atomic mass is 16.4. The average molecular weight is 201 g/mol. The van der Waals surface area contributed by atoms with E-state index >= 15 is 0 Å². The van der Waals surface area contributed by atoms with Gasteiger partial charge in [-0.25, -0.2) is 0 Å². The predicted octanol–water partition coefficient (Wildman–Crippen LogP) is 0.410. The van der Waals surface area contributed by atoms with E-state index in [1.165, 1.54) is 0 Å². The maximum atomic E-state index is 10.6. The number of carboxylic acids is 1. The molecule has 1 atom stereocenters. The monoisotopic (exact) mass is 201 g/mol. The minimum absolute atomic E-state index is 0.120. The molecule has 4 heteroatoms. The number of aliphatic hydroxyl groups is 1. The normalized spacial score (nSPS) is 28.6. The van der Waals surface area contributed by atoms with E-state index in [-0.39, 0.29) is 12.0 Å². The van der Waals surface area contributed by atoms with Crippen molar-refractivity contribution in [3.05, 3.63) is 0 Å². The van der Waals surface area contributed by atoms with Gasteiger partial charge >= 0.3 is 5.97 Å². The lowest BCUT2D eigenvalue weighted by molar-refractivity contribution is -0.141. The van der Waals surface area contributed by atoms with Crippen LogP contribution in [0.3, 0.4) is 0 Å². The van der Waals surface area contributed by atoms with Crippen molar-refractivity contribution in [2.24, 2.45) is 11.8 Å². The van der Waals surface area contributed by atoms with Crippen LogP contribution in [0, 0.1) is 11.8 Å². The van der Waals surface area contributed by atoms with Crippen molar-refractivity contribution < 1.29 is 15.0 Å². The number of aliphatic hydroxyl groups excluding tert-OH is 1. The maximum Gasteiger partial charge on any atom is 0.307 e. The largest absolute Gasteiger partial charge is 0.481 e. The van der Waals surface area contributed by atoms with Gasteiger partial charge < -0.3 is 15.1 Å². The molecule has 0 heterocycles. The second-order valence-electron chi connectivity index (χ2n) is 4.45. The highest BCUT2D eigenvalue weighted by Gasteiger charge is 2.28. The summed E-state index contributed by atoms with van der Waals surface area (Å²) in [5, 5.41) is 17.8. The van der Waals surface area contributed by atoms with Crippen molar-refractivity contribution in [3.8, 4) is 0 Å². The van der Waals surface area contributed by atoms with Crippen LogP contribution in [0.15, 0.2) is 0 Å². The van der Waals surface area contributed by atoms with Crippen LogP contribution in [0.1, 0.15) is 19.8 Å². The second-order valence-corrected chi connectivity index (χ2v) is 4.45. The lowest BCUT2D eigenvalue weighted by atomic mass is 9.82. The van der Waals surface area contributed by atoms with Crippen molar-refractivity contribution in [2.45, 2.75) is 25.9 Å². The molecule has 82 valence electrons. The van der Waals surface area contributed by atoms with E-state index in [1.807, 2.05) is 11.9 Å². The van der Waals surface area contributed by atoms with Crippen molar-refractivity contribution in [1.29, 1.82) is 0 Å². The average Bonchev–Trinajstić information content (AvgIpc) is 2.01. The highest BCUT2D eigenvalue weighted by Crippen LogP contribution is 2.27. The van der Waals surface area contributed by atoms with E-state index in [0.29, 0.717) is 12.5 Å². The Hall–Kier alpha value is -0.610. The number of hydrogen-bond donors (Lipinski definition) is 2. The number of carbonyl (C=O) groups is 1. The Morgan fingerprint density at radius 3 is 2.57 bits per heavy atom. The molecule has 0 radical (unpaired) electrons. The Morgan fingerprint density at radius 1 is 1.57 bits per heavy atom. The fourth-order valence-corrected chi connectivity index (χ4v) is 1.91. The summed E-state index contributed by atoms with van der Waals surface area (Å²) in [5.41, 5.74) is 0. The molecule has 0 aromatic heterocycles. The van der Waals surface area contributed by atoms with Gasteiger partial charge in [0, 0.05) is 13.1 Å². The van der Waals surface area contributed by atoms with E-state index in [9.17, 15) is 4.79 Å². The minimum Gasteiger partial charge on any atom is -0.481 e. The molecule has 1 unspecified atom stereocenters. The second kappa shape index (κ2) is 4.75. The van der Waals surface area contributed by atoms with Crippen LogP contribution in [0.4, 0.5) is 0 Å². The molecule has 1 fully saturated rings. The van der Waals surface area contributed by atoms with Crippen LogP contribution < -0.4 is 0 Å². The summed E-state index contributed by atoms with van der Waals surface area (Å²) in [5.74, 6) is -0.508. The minimum atomic E-state index is -0.745. The van der Waals surface area contributed by atoms with Gasteiger partial charge in [0.1, 0.15) is 0 Å². The van der Waals surface area contributed by atoms with E-state index in [0.717, 1.165) is 19.4 Å². The fourth-order valence-electron chi connectivity index (χ4n) is 1.91. The summed E-state index contributed by atoms with van der Waals surface area (Å²) in [6.07, 6.45) is 1.61. The SMILES string of the molecule is CC(CN(C)CC1CC(O)C1)C(=O)O. The molecular formula is C10H19NO3. The van der Waals surface area contributed by atoms with E-state index in [1.54, 1.807) is 6.92 Å². The summed E-state index contributed by atoms with van der Waals surface area (Å²) in [4.78, 5) is 12.6. The molecule has 2 N–H and O–H groups in total. The third-order valence-electron chi connectivity index (χ3n) is 2.79. The third-order valence-corrected chi connectivity index (χ3v) is 2.79. The molecular weight excluding hydrogens is 182 g/mol. The van der Waals surface area contributed by atoms with E-state index < -0.39 is 5.97 Å². The number of carboxylic acid groups (broad SMARTS) is 1. The fraction of sp³-hybridized carbons (Fsp3) is 0.900. The Morgan fingerprint density at radius 2 is 2.14 bits per heavy atom. The zero-order chi connectivity index (χ0) is 10.7. The van der Waals surface area contributed by atoms with E-state index in [2.05, 4.69) is 0 Å². The molecule has 0 amide bonds. The molecule has 0 bridgehead atoms.